The van der Waals surface area contributed by atoms with Gasteiger partial charge in [-0.25, -0.2) is 0 Å². The van der Waals surface area contributed by atoms with Crippen LogP contribution in [0.2, 0.25) is 0 Å². The fourth-order valence-electron chi connectivity index (χ4n) is 5.66. The highest BCUT2D eigenvalue weighted by Gasteiger charge is 2.38. The molecule has 1 aromatic carbocycles. The molecule has 0 saturated heterocycles. The lowest BCUT2D eigenvalue weighted by atomic mass is 9.95. The quantitative estimate of drug-likeness (QED) is 0.0862. The first-order valence-corrected chi connectivity index (χ1v) is 17.9. The van der Waals surface area contributed by atoms with Gasteiger partial charge < -0.3 is 19.1 Å². The van der Waals surface area contributed by atoms with Gasteiger partial charge in [0, 0.05) is 34.9 Å². The summed E-state index contributed by atoms with van der Waals surface area (Å²) < 4.78 is 16.4. The molecule has 0 bridgehead atoms. The lowest BCUT2D eigenvalue weighted by Gasteiger charge is -2.24. The minimum Gasteiger partial charge on any atom is -0.479 e. The minimum atomic E-state index is -0.793. The minimum absolute atomic E-state index is 0.123. The Morgan fingerprint density at radius 1 is 0.900 bits per heavy atom. The van der Waals surface area contributed by atoms with Gasteiger partial charge in [-0.1, -0.05) is 51.0 Å². The van der Waals surface area contributed by atoms with Crippen LogP contribution in [0.3, 0.4) is 0 Å². The summed E-state index contributed by atoms with van der Waals surface area (Å²) in [5.74, 6) is -0.504. The van der Waals surface area contributed by atoms with Gasteiger partial charge >= 0.3 is 11.9 Å². The highest BCUT2D eigenvalue weighted by atomic mass is 32.1. The average molecular weight is 697 g/mol. The van der Waals surface area contributed by atoms with Crippen LogP contribution in [-0.2, 0) is 36.6 Å². The first-order valence-electron chi connectivity index (χ1n) is 17.1. The molecular weight excluding hydrogens is 649 g/mol. The van der Waals surface area contributed by atoms with Crippen LogP contribution in [0.1, 0.15) is 93.7 Å². The average Bonchev–Trinajstić information content (AvgIpc) is 3.55. The van der Waals surface area contributed by atoms with E-state index in [0.717, 1.165) is 55.3 Å². The second kappa shape index (κ2) is 19.3. The molecule has 2 aromatic rings. The smallest absolute Gasteiger partial charge is 0.302 e. The van der Waals surface area contributed by atoms with Crippen LogP contribution in [0.25, 0.3) is 18.2 Å². The third kappa shape index (κ3) is 10.8. The van der Waals surface area contributed by atoms with Gasteiger partial charge in [-0.05, 0) is 87.2 Å². The third-order valence-corrected chi connectivity index (χ3v) is 9.45. The highest BCUT2D eigenvalue weighted by Crippen LogP contribution is 2.42. The number of aliphatic imine (C=N–C) groups is 1. The summed E-state index contributed by atoms with van der Waals surface area (Å²) >= 11 is 1.75. The van der Waals surface area contributed by atoms with Gasteiger partial charge in [-0.15, -0.1) is 11.3 Å². The molecule has 1 aliphatic heterocycles. The van der Waals surface area contributed by atoms with Crippen molar-refractivity contribution in [3.63, 3.8) is 0 Å². The zero-order valence-corrected chi connectivity index (χ0v) is 31.0. The van der Waals surface area contributed by atoms with Gasteiger partial charge in [0.15, 0.2) is 11.3 Å². The standard InChI is InChI=1S/C40H48N4O5S/c1-8-10-12-33-34(13-11-9-2)37(21-19-35-38(43-7)39(31(26-41)27-42)49-40(35,5)6)50-36(33)20-16-30-14-17-32(18-15-30)44(22-24-47-28(3)45)23-25-48-29(4)46/h14-21H,7-13,22-25H2,1-6H3. The molecule has 2 heterocycles. The van der Waals surface area contributed by atoms with Crippen LogP contribution in [0.5, 0.6) is 0 Å². The second-order valence-electron chi connectivity index (χ2n) is 12.4. The fraction of sp³-hybridized carbons (Fsp3) is 0.425. The second-order valence-corrected chi connectivity index (χ2v) is 13.5. The van der Waals surface area contributed by atoms with E-state index in [1.54, 1.807) is 11.3 Å². The molecule has 0 saturated carbocycles. The normalized spacial score (nSPS) is 13.6. The molecule has 0 unspecified atom stereocenters. The van der Waals surface area contributed by atoms with E-state index >= 15 is 0 Å². The zero-order chi connectivity index (χ0) is 36.7. The van der Waals surface area contributed by atoms with E-state index in [-0.39, 0.29) is 36.5 Å². The first-order chi connectivity index (χ1) is 24.0. The van der Waals surface area contributed by atoms with Crippen molar-refractivity contribution in [2.75, 3.05) is 31.2 Å². The van der Waals surface area contributed by atoms with E-state index in [0.29, 0.717) is 18.8 Å². The molecular formula is C40H48N4O5S. The van der Waals surface area contributed by atoms with Crippen molar-refractivity contribution in [1.82, 2.24) is 0 Å². The fourth-order valence-corrected chi connectivity index (χ4v) is 6.86. The third-order valence-electron chi connectivity index (χ3n) is 8.24. The summed E-state index contributed by atoms with van der Waals surface area (Å²) in [5, 5.41) is 19.0. The van der Waals surface area contributed by atoms with Crippen LogP contribution in [0, 0.1) is 22.7 Å². The Morgan fingerprint density at radius 3 is 1.88 bits per heavy atom. The van der Waals surface area contributed by atoms with Crippen molar-refractivity contribution in [1.29, 1.82) is 10.5 Å². The molecule has 264 valence electrons. The molecule has 1 aliphatic rings. The first kappa shape index (κ1) is 39.5. The Labute approximate surface area is 300 Å². The number of rotatable bonds is 18. The maximum absolute atomic E-state index is 11.3. The van der Waals surface area contributed by atoms with Gasteiger partial charge in [0.25, 0.3) is 0 Å². The van der Waals surface area contributed by atoms with Crippen molar-refractivity contribution in [3.8, 4) is 12.1 Å². The van der Waals surface area contributed by atoms with E-state index in [9.17, 15) is 20.1 Å². The molecule has 0 N–H and O–H groups in total. The molecule has 1 aromatic heterocycles. The molecule has 0 amide bonds. The van der Waals surface area contributed by atoms with Gasteiger partial charge in [-0.3, -0.25) is 14.6 Å². The number of hydrogen-bond donors (Lipinski definition) is 0. The maximum Gasteiger partial charge on any atom is 0.302 e. The summed E-state index contributed by atoms with van der Waals surface area (Å²) in [7, 11) is 0. The van der Waals surface area contributed by atoms with Crippen molar-refractivity contribution in [2.24, 2.45) is 4.99 Å². The van der Waals surface area contributed by atoms with Gasteiger partial charge in [0.2, 0.25) is 0 Å². The maximum atomic E-state index is 11.3. The molecule has 0 fully saturated rings. The lowest BCUT2D eigenvalue weighted by Crippen LogP contribution is -2.31. The van der Waals surface area contributed by atoms with Crippen molar-refractivity contribution < 1.29 is 23.8 Å². The summed E-state index contributed by atoms with van der Waals surface area (Å²) in [6.07, 6.45) is 14.7. The topological polar surface area (TPSA) is 125 Å². The number of carbonyl (C=O) groups excluding carboxylic acids is 2. The molecule has 3 rings (SSSR count). The van der Waals surface area contributed by atoms with Gasteiger partial charge in [0.1, 0.15) is 36.7 Å². The number of nitriles is 2. The van der Waals surface area contributed by atoms with E-state index in [1.165, 1.54) is 34.7 Å². The number of hydrogen-bond acceptors (Lipinski definition) is 10. The number of anilines is 1. The summed E-state index contributed by atoms with van der Waals surface area (Å²) in [6.45, 7) is 16.1. The number of allylic oxidation sites excluding steroid dienone is 1. The van der Waals surface area contributed by atoms with Crippen LogP contribution in [0.15, 0.2) is 57.9 Å². The number of esters is 2. The van der Waals surface area contributed by atoms with Crippen molar-refractivity contribution in [3.05, 3.63) is 79.4 Å². The number of benzene rings is 1. The lowest BCUT2D eigenvalue weighted by molar-refractivity contribution is -0.141. The number of ether oxygens (including phenoxy) is 3. The molecule has 0 radical (unpaired) electrons. The molecule has 50 heavy (non-hydrogen) atoms. The summed E-state index contributed by atoms with van der Waals surface area (Å²) in [4.78, 5) is 31.2. The SMILES string of the molecule is C=NC1=C(C=Cc2sc(C=Cc3ccc(N(CCOC(C)=O)CCOC(C)=O)cc3)c(CCCC)c2CCCC)C(C)(C)OC1=C(C#N)C#N. The van der Waals surface area contributed by atoms with E-state index in [4.69, 9.17) is 14.2 Å². The monoisotopic (exact) mass is 696 g/mol. The Bertz CT molecular complexity index is 1700. The number of thiophene rings is 1. The van der Waals surface area contributed by atoms with Crippen LogP contribution < -0.4 is 4.90 Å². The van der Waals surface area contributed by atoms with Crippen LogP contribution >= 0.6 is 11.3 Å². The molecule has 0 spiro atoms. The molecule has 9 nitrogen and oxygen atoms in total. The van der Waals surface area contributed by atoms with Gasteiger partial charge in [0.05, 0.1) is 13.1 Å². The predicted octanol–water partition coefficient (Wildman–Crippen LogP) is 8.61. The van der Waals surface area contributed by atoms with E-state index < -0.39 is 5.60 Å². The molecule has 0 atom stereocenters. The van der Waals surface area contributed by atoms with Crippen LogP contribution in [0.4, 0.5) is 5.69 Å². The largest absolute Gasteiger partial charge is 0.479 e. The zero-order valence-electron chi connectivity index (χ0n) is 30.1. The number of unbranched alkanes of at least 4 members (excludes halogenated alkanes) is 2. The Hall–Kier alpha value is -4.93. The van der Waals surface area contributed by atoms with Crippen LogP contribution in [-0.4, -0.2) is 50.6 Å². The molecule has 0 aliphatic carbocycles. The number of carbonyl (C=O) groups is 2. The molecule has 10 heteroatoms. The summed E-state index contributed by atoms with van der Waals surface area (Å²) in [6, 6.07) is 12.0. The predicted molar refractivity (Wildman–Crippen MR) is 201 cm³/mol. The highest BCUT2D eigenvalue weighted by molar-refractivity contribution is 7.14. The van der Waals surface area contributed by atoms with Crippen molar-refractivity contribution in [2.45, 2.75) is 85.7 Å². The Balaban J connectivity index is 1.99. The van der Waals surface area contributed by atoms with Gasteiger partial charge in [-0.2, -0.15) is 10.5 Å². The van der Waals surface area contributed by atoms with Crippen molar-refractivity contribution >= 4 is 53.9 Å². The Morgan fingerprint density at radius 2 is 1.42 bits per heavy atom. The Kier molecular flexibility index (Phi) is 15.3. The number of nitrogens with zero attached hydrogens (tertiary/aromatic N) is 4. The van der Waals surface area contributed by atoms with E-state index in [1.807, 2.05) is 49.1 Å². The summed E-state index contributed by atoms with van der Waals surface area (Å²) in [5.41, 5.74) is 4.97. The van der Waals surface area contributed by atoms with E-state index in [2.05, 4.69) is 55.9 Å².